The van der Waals surface area contributed by atoms with Crippen molar-refractivity contribution in [3.05, 3.63) is 29.3 Å². The lowest BCUT2D eigenvalue weighted by Gasteiger charge is -2.32. The summed E-state index contributed by atoms with van der Waals surface area (Å²) in [6.07, 6.45) is 5.36. The summed E-state index contributed by atoms with van der Waals surface area (Å²) < 4.78 is 5.50. The average Bonchev–Trinajstić information content (AvgIpc) is 2.47. The van der Waals surface area contributed by atoms with Gasteiger partial charge in [0.25, 0.3) is 0 Å². The SMILES string of the molecule is COC1CCCN(Cc2ccc3c(c2)CCCN3)C1. The quantitative estimate of drug-likeness (QED) is 0.904. The van der Waals surface area contributed by atoms with Crippen LogP contribution in [0.1, 0.15) is 30.4 Å². The first-order chi connectivity index (χ1) is 9.35. The molecule has 104 valence electrons. The minimum absolute atomic E-state index is 0.424. The Balaban J connectivity index is 1.66. The van der Waals surface area contributed by atoms with E-state index in [0.29, 0.717) is 6.10 Å². The Morgan fingerprint density at radius 2 is 2.32 bits per heavy atom. The Labute approximate surface area is 115 Å². The number of aryl methyl sites for hydroxylation is 1. The molecule has 1 fully saturated rings. The second-order valence-electron chi connectivity index (χ2n) is 5.76. The predicted octanol–water partition coefficient (Wildman–Crippen LogP) is 2.66. The van der Waals surface area contributed by atoms with Crippen LogP contribution in [-0.4, -0.2) is 37.7 Å². The Kier molecular flexibility index (Phi) is 4.04. The van der Waals surface area contributed by atoms with Gasteiger partial charge in [0.1, 0.15) is 0 Å². The number of hydrogen-bond acceptors (Lipinski definition) is 3. The highest BCUT2D eigenvalue weighted by molar-refractivity contribution is 5.54. The number of nitrogens with one attached hydrogen (secondary N) is 1. The molecule has 0 aromatic heterocycles. The van der Waals surface area contributed by atoms with Gasteiger partial charge in [-0.1, -0.05) is 12.1 Å². The maximum absolute atomic E-state index is 5.50. The second-order valence-corrected chi connectivity index (χ2v) is 5.76. The van der Waals surface area contributed by atoms with Crippen LogP contribution in [0.25, 0.3) is 0 Å². The number of methoxy groups -OCH3 is 1. The molecule has 2 heterocycles. The second kappa shape index (κ2) is 5.93. The van der Waals surface area contributed by atoms with E-state index in [1.807, 2.05) is 7.11 Å². The van der Waals surface area contributed by atoms with Crippen LogP contribution in [0.3, 0.4) is 0 Å². The first-order valence-corrected chi connectivity index (χ1v) is 7.46. The van der Waals surface area contributed by atoms with Gasteiger partial charge in [0.05, 0.1) is 6.10 Å². The lowest BCUT2D eigenvalue weighted by molar-refractivity contribution is 0.0285. The summed E-state index contributed by atoms with van der Waals surface area (Å²) in [5, 5.41) is 3.48. The van der Waals surface area contributed by atoms with Gasteiger partial charge in [0.15, 0.2) is 0 Å². The molecule has 1 unspecified atom stereocenters. The van der Waals surface area contributed by atoms with E-state index in [-0.39, 0.29) is 0 Å². The zero-order valence-corrected chi connectivity index (χ0v) is 11.8. The van der Waals surface area contributed by atoms with Crippen molar-refractivity contribution < 1.29 is 4.74 Å². The molecular formula is C16H24N2O. The molecule has 3 heteroatoms. The Morgan fingerprint density at radius 1 is 1.37 bits per heavy atom. The number of likely N-dealkylation sites (tertiary alicyclic amines) is 1. The van der Waals surface area contributed by atoms with Gasteiger partial charge >= 0.3 is 0 Å². The highest BCUT2D eigenvalue weighted by Gasteiger charge is 2.19. The normalized spacial score (nSPS) is 23.7. The number of ether oxygens (including phenoxy) is 1. The van der Waals surface area contributed by atoms with Gasteiger partial charge in [-0.3, -0.25) is 4.90 Å². The zero-order valence-electron chi connectivity index (χ0n) is 11.8. The predicted molar refractivity (Wildman–Crippen MR) is 78.6 cm³/mol. The fourth-order valence-electron chi connectivity index (χ4n) is 3.23. The van der Waals surface area contributed by atoms with Crippen LogP contribution >= 0.6 is 0 Å². The largest absolute Gasteiger partial charge is 0.385 e. The van der Waals surface area contributed by atoms with Crippen molar-refractivity contribution in [2.75, 3.05) is 32.1 Å². The molecule has 19 heavy (non-hydrogen) atoms. The highest BCUT2D eigenvalue weighted by Crippen LogP contribution is 2.24. The van der Waals surface area contributed by atoms with Gasteiger partial charge in [0, 0.05) is 32.4 Å². The molecule has 3 nitrogen and oxygen atoms in total. The number of anilines is 1. The van der Waals surface area contributed by atoms with E-state index < -0.39 is 0 Å². The molecule has 1 N–H and O–H groups in total. The number of hydrogen-bond donors (Lipinski definition) is 1. The van der Waals surface area contributed by atoms with Crippen molar-refractivity contribution in [2.24, 2.45) is 0 Å². The van der Waals surface area contributed by atoms with Crippen LogP contribution in [0.5, 0.6) is 0 Å². The number of benzene rings is 1. The monoisotopic (exact) mass is 260 g/mol. The number of rotatable bonds is 3. The summed E-state index contributed by atoms with van der Waals surface area (Å²) in [4.78, 5) is 2.52. The van der Waals surface area contributed by atoms with Crippen LogP contribution in [0.4, 0.5) is 5.69 Å². The van der Waals surface area contributed by atoms with E-state index in [1.165, 1.54) is 49.0 Å². The maximum Gasteiger partial charge on any atom is 0.0698 e. The van der Waals surface area contributed by atoms with Gasteiger partial charge in [0.2, 0.25) is 0 Å². The summed E-state index contributed by atoms with van der Waals surface area (Å²) in [6, 6.07) is 6.91. The fraction of sp³-hybridized carbons (Fsp3) is 0.625. The Morgan fingerprint density at radius 3 is 3.21 bits per heavy atom. The van der Waals surface area contributed by atoms with Crippen LogP contribution in [0.15, 0.2) is 18.2 Å². The standard InChI is InChI=1S/C16H24N2O/c1-19-15-5-3-9-18(12-15)11-13-6-7-16-14(10-13)4-2-8-17-16/h6-7,10,15,17H,2-5,8-9,11-12H2,1H3. The topological polar surface area (TPSA) is 24.5 Å². The molecule has 1 aromatic rings. The van der Waals surface area contributed by atoms with Gasteiger partial charge in [-0.2, -0.15) is 0 Å². The molecule has 0 radical (unpaired) electrons. The van der Waals surface area contributed by atoms with Gasteiger partial charge in [-0.25, -0.2) is 0 Å². The fourth-order valence-corrected chi connectivity index (χ4v) is 3.23. The van der Waals surface area contributed by atoms with Crippen molar-refractivity contribution in [1.29, 1.82) is 0 Å². The number of piperidine rings is 1. The third kappa shape index (κ3) is 3.10. The summed E-state index contributed by atoms with van der Waals surface area (Å²) in [6.45, 7) is 4.46. The molecule has 0 bridgehead atoms. The lowest BCUT2D eigenvalue weighted by atomic mass is 10.00. The lowest BCUT2D eigenvalue weighted by Crippen LogP contribution is -2.38. The maximum atomic E-state index is 5.50. The van der Waals surface area contributed by atoms with E-state index in [0.717, 1.165) is 19.6 Å². The smallest absolute Gasteiger partial charge is 0.0698 e. The average molecular weight is 260 g/mol. The molecule has 3 rings (SSSR count). The van der Waals surface area contributed by atoms with Crippen molar-refractivity contribution in [2.45, 2.75) is 38.3 Å². The summed E-state index contributed by atoms with van der Waals surface area (Å²) in [5.41, 5.74) is 4.27. The third-order valence-corrected chi connectivity index (χ3v) is 4.31. The molecule has 0 saturated carbocycles. The molecule has 0 amide bonds. The molecule has 1 atom stereocenters. The van der Waals surface area contributed by atoms with Crippen molar-refractivity contribution in [3.8, 4) is 0 Å². The molecule has 1 saturated heterocycles. The molecule has 2 aliphatic heterocycles. The van der Waals surface area contributed by atoms with E-state index in [9.17, 15) is 0 Å². The first kappa shape index (κ1) is 12.9. The Hall–Kier alpha value is -1.06. The molecule has 2 aliphatic rings. The molecule has 1 aromatic carbocycles. The van der Waals surface area contributed by atoms with Gasteiger partial charge in [-0.15, -0.1) is 0 Å². The minimum Gasteiger partial charge on any atom is -0.385 e. The number of fused-ring (bicyclic) bond motifs is 1. The summed E-state index contributed by atoms with van der Waals surface area (Å²) in [5.74, 6) is 0. The highest BCUT2D eigenvalue weighted by atomic mass is 16.5. The van der Waals surface area contributed by atoms with Crippen LogP contribution in [0.2, 0.25) is 0 Å². The van der Waals surface area contributed by atoms with Crippen LogP contribution < -0.4 is 5.32 Å². The van der Waals surface area contributed by atoms with Crippen molar-refractivity contribution in [3.63, 3.8) is 0 Å². The van der Waals surface area contributed by atoms with Crippen molar-refractivity contribution >= 4 is 5.69 Å². The van der Waals surface area contributed by atoms with Crippen molar-refractivity contribution in [1.82, 2.24) is 4.90 Å². The van der Waals surface area contributed by atoms with Crippen LogP contribution in [-0.2, 0) is 17.7 Å². The van der Waals surface area contributed by atoms with E-state index in [2.05, 4.69) is 28.4 Å². The zero-order chi connectivity index (χ0) is 13.1. The number of nitrogens with zero attached hydrogens (tertiary/aromatic N) is 1. The van der Waals surface area contributed by atoms with Gasteiger partial charge < -0.3 is 10.1 Å². The summed E-state index contributed by atoms with van der Waals surface area (Å²) >= 11 is 0. The first-order valence-electron chi connectivity index (χ1n) is 7.46. The van der Waals surface area contributed by atoms with E-state index in [4.69, 9.17) is 4.74 Å². The molecule has 0 spiro atoms. The van der Waals surface area contributed by atoms with E-state index in [1.54, 1.807) is 0 Å². The van der Waals surface area contributed by atoms with E-state index >= 15 is 0 Å². The minimum atomic E-state index is 0.424. The third-order valence-electron chi connectivity index (χ3n) is 4.31. The summed E-state index contributed by atoms with van der Waals surface area (Å²) in [7, 11) is 1.83. The van der Waals surface area contributed by atoms with Gasteiger partial charge in [-0.05, 0) is 49.4 Å². The molecular weight excluding hydrogens is 236 g/mol. The molecule has 0 aliphatic carbocycles. The Bertz CT molecular complexity index is 433. The van der Waals surface area contributed by atoms with Crippen LogP contribution in [0, 0.1) is 0 Å².